The van der Waals surface area contributed by atoms with Crippen LogP contribution in [-0.2, 0) is 9.59 Å². The van der Waals surface area contributed by atoms with Gasteiger partial charge in [0, 0.05) is 43.2 Å². The lowest BCUT2D eigenvalue weighted by molar-refractivity contribution is -0.146. The van der Waals surface area contributed by atoms with Crippen molar-refractivity contribution in [2.75, 3.05) is 24.5 Å². The van der Waals surface area contributed by atoms with Crippen LogP contribution in [0.15, 0.2) is 30.3 Å². The Bertz CT molecular complexity index is 743. The van der Waals surface area contributed by atoms with E-state index in [1.54, 1.807) is 0 Å². The molecule has 1 heterocycles. The van der Waals surface area contributed by atoms with Gasteiger partial charge in [0.15, 0.2) is 0 Å². The minimum atomic E-state index is -0.120. The van der Waals surface area contributed by atoms with Crippen molar-refractivity contribution in [2.45, 2.75) is 63.8 Å². The second-order valence-corrected chi connectivity index (χ2v) is 10.4. The van der Waals surface area contributed by atoms with Gasteiger partial charge in [0.2, 0.25) is 11.8 Å². The van der Waals surface area contributed by atoms with Crippen molar-refractivity contribution in [3.8, 4) is 0 Å². The molecule has 1 aromatic carbocycles. The predicted molar refractivity (Wildman–Crippen MR) is 118 cm³/mol. The van der Waals surface area contributed by atoms with Gasteiger partial charge in [-0.1, -0.05) is 18.2 Å². The Morgan fingerprint density at radius 1 is 1.00 bits per heavy atom. The molecule has 1 atom stereocenters. The van der Waals surface area contributed by atoms with Crippen LogP contribution in [0, 0.1) is 23.2 Å². The molecule has 4 aliphatic carbocycles. The maximum atomic E-state index is 13.0. The Kier molecular flexibility index (Phi) is 5.46. The number of amides is 2. The number of rotatable bonds is 6. The van der Waals surface area contributed by atoms with E-state index in [9.17, 15) is 9.59 Å². The summed E-state index contributed by atoms with van der Waals surface area (Å²) >= 11 is 0. The van der Waals surface area contributed by atoms with Crippen LogP contribution in [0.25, 0.3) is 0 Å². The summed E-state index contributed by atoms with van der Waals surface area (Å²) in [6, 6.07) is 10.6. The molecule has 5 heteroatoms. The summed E-state index contributed by atoms with van der Waals surface area (Å²) in [6.45, 7) is 2.36. The number of carbonyl (C=O) groups is 2. The van der Waals surface area contributed by atoms with Crippen LogP contribution in [0.5, 0.6) is 0 Å². The second kappa shape index (κ2) is 8.24. The summed E-state index contributed by atoms with van der Waals surface area (Å²) in [6.07, 6.45) is 9.75. The molecule has 2 amide bonds. The molecule has 1 aliphatic heterocycles. The van der Waals surface area contributed by atoms with E-state index in [0.29, 0.717) is 13.0 Å². The maximum absolute atomic E-state index is 13.0. The van der Waals surface area contributed by atoms with Crippen molar-refractivity contribution in [3.05, 3.63) is 30.3 Å². The highest BCUT2D eigenvalue weighted by Crippen LogP contribution is 2.60. The smallest absolute Gasteiger partial charge is 0.226 e. The van der Waals surface area contributed by atoms with Crippen molar-refractivity contribution in [2.24, 2.45) is 23.2 Å². The fraction of sp³-hybridized carbons (Fsp3) is 0.680. The molecule has 0 spiro atoms. The minimum absolute atomic E-state index is 0.0562. The summed E-state index contributed by atoms with van der Waals surface area (Å²) in [5.41, 5.74) is 1.10. The molecular formula is C25H35N3O2. The Morgan fingerprint density at radius 2 is 1.67 bits per heavy atom. The average Bonchev–Trinajstić information content (AvgIpc) is 2.73. The summed E-state index contributed by atoms with van der Waals surface area (Å²) < 4.78 is 0. The van der Waals surface area contributed by atoms with Gasteiger partial charge in [-0.25, -0.2) is 0 Å². The van der Waals surface area contributed by atoms with E-state index >= 15 is 0 Å². The molecule has 4 saturated carbocycles. The molecule has 6 rings (SSSR count). The van der Waals surface area contributed by atoms with Gasteiger partial charge < -0.3 is 15.5 Å². The number of nitrogens with one attached hydrogen (secondary N) is 2. The van der Waals surface area contributed by atoms with Crippen molar-refractivity contribution < 1.29 is 9.59 Å². The van der Waals surface area contributed by atoms with Crippen LogP contribution in [0.2, 0.25) is 0 Å². The number of nitrogens with zero attached hydrogens (tertiary/aromatic N) is 1. The van der Waals surface area contributed by atoms with Gasteiger partial charge in [-0.2, -0.15) is 0 Å². The standard InChI is InChI=1S/C25H35N3O2/c29-23(27-21-5-4-10-28(17-21)22-6-2-1-3-7-22)8-9-26-24(30)25-14-18-11-19(15-25)13-20(12-18)16-25/h1-3,6-7,18-21H,4-5,8-17H2,(H,26,30)(H,27,29). The summed E-state index contributed by atoms with van der Waals surface area (Å²) in [4.78, 5) is 27.9. The van der Waals surface area contributed by atoms with E-state index < -0.39 is 0 Å². The van der Waals surface area contributed by atoms with Gasteiger partial charge in [-0.15, -0.1) is 0 Å². The first-order chi connectivity index (χ1) is 14.6. The van der Waals surface area contributed by atoms with Crippen molar-refractivity contribution >= 4 is 17.5 Å². The fourth-order valence-corrected chi connectivity index (χ4v) is 7.13. The van der Waals surface area contributed by atoms with Gasteiger partial charge in [0.1, 0.15) is 0 Å². The fourth-order valence-electron chi connectivity index (χ4n) is 7.13. The van der Waals surface area contributed by atoms with Gasteiger partial charge >= 0.3 is 0 Å². The molecule has 5 fully saturated rings. The lowest BCUT2D eigenvalue weighted by atomic mass is 9.49. The molecule has 5 nitrogen and oxygen atoms in total. The molecule has 2 N–H and O–H groups in total. The third kappa shape index (κ3) is 4.08. The number of para-hydroxylation sites is 1. The highest BCUT2D eigenvalue weighted by molar-refractivity contribution is 5.84. The van der Waals surface area contributed by atoms with E-state index in [2.05, 4.69) is 39.8 Å². The molecule has 1 saturated heterocycles. The number of anilines is 1. The molecule has 1 aromatic rings. The largest absolute Gasteiger partial charge is 0.369 e. The van der Waals surface area contributed by atoms with Gasteiger partial charge in [-0.05, 0) is 81.3 Å². The lowest BCUT2D eigenvalue weighted by Crippen LogP contribution is -2.54. The number of piperidine rings is 1. The Hall–Kier alpha value is -2.04. The predicted octanol–water partition coefficient (Wildman–Crippen LogP) is 3.49. The van der Waals surface area contributed by atoms with Crippen molar-refractivity contribution in [1.82, 2.24) is 10.6 Å². The van der Waals surface area contributed by atoms with Crippen LogP contribution in [-0.4, -0.2) is 37.5 Å². The SMILES string of the molecule is O=C(CCNC(=O)C12CC3CC(CC(C3)C1)C2)NC1CCCN(c2ccccc2)C1. The normalized spacial score (nSPS) is 34.6. The number of hydrogen-bond acceptors (Lipinski definition) is 3. The maximum Gasteiger partial charge on any atom is 0.226 e. The summed E-state index contributed by atoms with van der Waals surface area (Å²) in [7, 11) is 0. The van der Waals surface area contributed by atoms with E-state index in [1.807, 2.05) is 6.07 Å². The molecule has 5 aliphatic rings. The van der Waals surface area contributed by atoms with E-state index in [4.69, 9.17) is 0 Å². The third-order valence-corrected chi connectivity index (χ3v) is 8.07. The third-order valence-electron chi connectivity index (χ3n) is 8.07. The van der Waals surface area contributed by atoms with Crippen LogP contribution in [0.4, 0.5) is 5.69 Å². The topological polar surface area (TPSA) is 61.4 Å². The number of carbonyl (C=O) groups excluding carboxylic acids is 2. The zero-order valence-electron chi connectivity index (χ0n) is 17.9. The van der Waals surface area contributed by atoms with Gasteiger partial charge in [0.05, 0.1) is 0 Å². The van der Waals surface area contributed by atoms with Crippen LogP contribution in [0.3, 0.4) is 0 Å². The summed E-state index contributed by atoms with van der Waals surface area (Å²) in [5, 5.41) is 6.33. The van der Waals surface area contributed by atoms with Crippen LogP contribution in [0.1, 0.15) is 57.8 Å². The molecule has 0 aromatic heterocycles. The first kappa shape index (κ1) is 19.9. The lowest BCUT2D eigenvalue weighted by Gasteiger charge is -2.55. The van der Waals surface area contributed by atoms with Crippen molar-refractivity contribution in [3.63, 3.8) is 0 Å². The zero-order chi connectivity index (χ0) is 20.6. The molecular weight excluding hydrogens is 374 g/mol. The van der Waals surface area contributed by atoms with Crippen molar-refractivity contribution in [1.29, 1.82) is 0 Å². The summed E-state index contributed by atoms with van der Waals surface area (Å²) in [5.74, 6) is 2.58. The molecule has 1 unspecified atom stereocenters. The van der Waals surface area contributed by atoms with Gasteiger partial charge in [-0.3, -0.25) is 9.59 Å². The highest BCUT2D eigenvalue weighted by Gasteiger charge is 2.54. The Labute approximate surface area is 180 Å². The Balaban J connectivity index is 1.07. The van der Waals surface area contributed by atoms with Crippen LogP contribution >= 0.6 is 0 Å². The zero-order valence-corrected chi connectivity index (χ0v) is 17.9. The van der Waals surface area contributed by atoms with E-state index in [0.717, 1.165) is 62.9 Å². The average molecular weight is 410 g/mol. The van der Waals surface area contributed by atoms with E-state index in [-0.39, 0.29) is 23.3 Å². The minimum Gasteiger partial charge on any atom is -0.369 e. The highest BCUT2D eigenvalue weighted by atomic mass is 16.2. The Morgan fingerprint density at radius 3 is 2.33 bits per heavy atom. The van der Waals surface area contributed by atoms with Gasteiger partial charge in [0.25, 0.3) is 0 Å². The monoisotopic (exact) mass is 409 g/mol. The first-order valence-corrected chi connectivity index (χ1v) is 12.0. The molecule has 162 valence electrons. The van der Waals surface area contributed by atoms with Crippen LogP contribution < -0.4 is 15.5 Å². The molecule has 4 bridgehead atoms. The molecule has 30 heavy (non-hydrogen) atoms. The van der Waals surface area contributed by atoms with E-state index in [1.165, 1.54) is 24.9 Å². The number of benzene rings is 1. The quantitative estimate of drug-likeness (QED) is 0.756. The first-order valence-electron chi connectivity index (χ1n) is 12.0. The molecule has 0 radical (unpaired) electrons. The number of hydrogen-bond donors (Lipinski definition) is 2. The second-order valence-electron chi connectivity index (χ2n) is 10.4.